The van der Waals surface area contributed by atoms with Crippen LogP contribution in [-0.4, -0.2) is 50.4 Å². The Labute approximate surface area is 181 Å². The predicted octanol–water partition coefficient (Wildman–Crippen LogP) is 1.79. The maximum absolute atomic E-state index is 13.0. The van der Waals surface area contributed by atoms with Crippen molar-refractivity contribution in [3.8, 4) is 11.5 Å². The maximum Gasteiger partial charge on any atom is 0.241 e. The monoisotopic (exact) mass is 443 g/mol. The van der Waals surface area contributed by atoms with Crippen molar-refractivity contribution in [2.24, 2.45) is 0 Å². The summed E-state index contributed by atoms with van der Waals surface area (Å²) in [6.45, 7) is 1.12. The summed E-state index contributed by atoms with van der Waals surface area (Å²) in [5, 5.41) is -0.449. The van der Waals surface area contributed by atoms with E-state index in [1.807, 2.05) is 18.2 Å². The van der Waals surface area contributed by atoms with Gasteiger partial charge < -0.3 is 14.4 Å². The first-order valence-corrected chi connectivity index (χ1v) is 12.1. The van der Waals surface area contributed by atoms with Gasteiger partial charge in [-0.15, -0.1) is 0 Å². The quantitative estimate of drug-likeness (QED) is 0.744. The second kappa shape index (κ2) is 8.14. The SMILES string of the molecule is O=C(C1CC(c2ccc3c(c2)OCO3)NN1)N1CCC(S(=O)(=O)c2ccccc2)CC1. The smallest absolute Gasteiger partial charge is 0.241 e. The number of hydrogen-bond donors (Lipinski definition) is 2. The maximum atomic E-state index is 13.0. The minimum absolute atomic E-state index is 0.00584. The molecule has 1 amide bonds. The number of sulfone groups is 1. The first-order chi connectivity index (χ1) is 15.0. The normalized spacial score (nSPS) is 23.8. The van der Waals surface area contributed by atoms with Crippen LogP contribution in [0.25, 0.3) is 0 Å². The lowest BCUT2D eigenvalue weighted by molar-refractivity contribution is -0.134. The lowest BCUT2D eigenvalue weighted by atomic mass is 10.0. The Morgan fingerprint density at radius 2 is 1.71 bits per heavy atom. The van der Waals surface area contributed by atoms with Crippen LogP contribution in [0.5, 0.6) is 11.5 Å². The molecule has 31 heavy (non-hydrogen) atoms. The van der Waals surface area contributed by atoms with Crippen molar-refractivity contribution in [3.05, 3.63) is 54.1 Å². The van der Waals surface area contributed by atoms with Crippen LogP contribution >= 0.6 is 0 Å². The molecule has 164 valence electrons. The lowest BCUT2D eigenvalue weighted by Gasteiger charge is -2.33. The van der Waals surface area contributed by atoms with Crippen LogP contribution < -0.4 is 20.3 Å². The fourth-order valence-electron chi connectivity index (χ4n) is 4.48. The molecule has 8 nitrogen and oxygen atoms in total. The Balaban J connectivity index is 1.19. The molecule has 9 heteroatoms. The highest BCUT2D eigenvalue weighted by Gasteiger charge is 2.37. The minimum Gasteiger partial charge on any atom is -0.454 e. The molecule has 2 aromatic rings. The van der Waals surface area contributed by atoms with Gasteiger partial charge in [0.2, 0.25) is 12.7 Å². The van der Waals surface area contributed by atoms with Crippen molar-refractivity contribution >= 4 is 15.7 Å². The Morgan fingerprint density at radius 3 is 2.48 bits per heavy atom. The third-order valence-corrected chi connectivity index (χ3v) is 8.54. The zero-order chi connectivity index (χ0) is 21.4. The van der Waals surface area contributed by atoms with Gasteiger partial charge in [-0.25, -0.2) is 19.3 Å². The summed E-state index contributed by atoms with van der Waals surface area (Å²) < 4.78 is 36.5. The standard InChI is InChI=1S/C22H25N3O5S/c26-22(19-13-18(23-24-19)15-6-7-20-21(12-15)30-14-29-20)25-10-8-17(9-11-25)31(27,28)16-4-2-1-3-5-16/h1-7,12,17-19,23-24H,8-11,13-14H2. The zero-order valence-electron chi connectivity index (χ0n) is 17.0. The van der Waals surface area contributed by atoms with Gasteiger partial charge in [0.15, 0.2) is 21.3 Å². The highest BCUT2D eigenvalue weighted by molar-refractivity contribution is 7.92. The Morgan fingerprint density at radius 1 is 0.968 bits per heavy atom. The van der Waals surface area contributed by atoms with E-state index in [0.717, 1.165) is 17.1 Å². The second-order valence-corrected chi connectivity index (χ2v) is 10.4. The van der Waals surface area contributed by atoms with Gasteiger partial charge in [0.25, 0.3) is 0 Å². The fourth-order valence-corrected chi connectivity index (χ4v) is 6.23. The number of carbonyl (C=O) groups is 1. The first-order valence-electron chi connectivity index (χ1n) is 10.5. The molecule has 2 atom stereocenters. The average molecular weight is 444 g/mol. The second-order valence-electron chi connectivity index (χ2n) is 8.12. The van der Waals surface area contributed by atoms with Crippen LogP contribution in [0.3, 0.4) is 0 Å². The van der Waals surface area contributed by atoms with E-state index in [0.29, 0.717) is 37.2 Å². The number of rotatable bonds is 4. The van der Waals surface area contributed by atoms with E-state index < -0.39 is 15.1 Å². The van der Waals surface area contributed by atoms with Crippen LogP contribution in [0.1, 0.15) is 30.9 Å². The predicted molar refractivity (Wildman–Crippen MR) is 113 cm³/mol. The third kappa shape index (κ3) is 3.88. The minimum atomic E-state index is -3.37. The van der Waals surface area contributed by atoms with Gasteiger partial charge in [0.05, 0.1) is 10.1 Å². The summed E-state index contributed by atoms with van der Waals surface area (Å²) >= 11 is 0. The molecule has 5 rings (SSSR count). The number of likely N-dealkylation sites (tertiary alicyclic amines) is 1. The molecule has 3 aliphatic rings. The lowest BCUT2D eigenvalue weighted by Crippen LogP contribution is -2.49. The molecular formula is C22H25N3O5S. The van der Waals surface area contributed by atoms with E-state index in [1.165, 1.54) is 0 Å². The number of nitrogens with zero attached hydrogens (tertiary/aromatic N) is 1. The molecule has 0 spiro atoms. The highest BCUT2D eigenvalue weighted by atomic mass is 32.2. The number of fused-ring (bicyclic) bond motifs is 1. The summed E-state index contributed by atoms with van der Waals surface area (Å²) in [5.41, 5.74) is 7.33. The van der Waals surface area contributed by atoms with E-state index >= 15 is 0 Å². The molecule has 0 bridgehead atoms. The first kappa shape index (κ1) is 20.3. The third-order valence-electron chi connectivity index (χ3n) is 6.26. The molecule has 2 unspecified atom stereocenters. The molecule has 2 saturated heterocycles. The van der Waals surface area contributed by atoms with E-state index in [2.05, 4.69) is 10.9 Å². The van der Waals surface area contributed by atoms with Crippen molar-refractivity contribution < 1.29 is 22.7 Å². The van der Waals surface area contributed by atoms with E-state index in [1.54, 1.807) is 35.2 Å². The largest absolute Gasteiger partial charge is 0.454 e. The molecule has 0 saturated carbocycles. The van der Waals surface area contributed by atoms with Crippen molar-refractivity contribution in [1.29, 1.82) is 0 Å². The van der Waals surface area contributed by atoms with Crippen LogP contribution in [0.15, 0.2) is 53.4 Å². The molecule has 0 radical (unpaired) electrons. The number of piperidine rings is 1. The van der Waals surface area contributed by atoms with Crippen molar-refractivity contribution in [3.63, 3.8) is 0 Å². The van der Waals surface area contributed by atoms with Gasteiger partial charge in [-0.1, -0.05) is 24.3 Å². The zero-order valence-corrected chi connectivity index (χ0v) is 17.8. The van der Waals surface area contributed by atoms with Gasteiger partial charge in [-0.05, 0) is 49.1 Å². The number of ether oxygens (including phenoxy) is 2. The van der Waals surface area contributed by atoms with Crippen LogP contribution in [0.4, 0.5) is 0 Å². The molecule has 3 heterocycles. The average Bonchev–Trinajstić information content (AvgIpc) is 3.48. The Bertz CT molecular complexity index is 1070. The molecule has 2 aromatic carbocycles. The van der Waals surface area contributed by atoms with E-state index in [4.69, 9.17) is 9.47 Å². The van der Waals surface area contributed by atoms with Gasteiger partial charge in [0.1, 0.15) is 6.04 Å². The number of amides is 1. The van der Waals surface area contributed by atoms with Crippen LogP contribution in [0, 0.1) is 0 Å². The molecule has 0 aromatic heterocycles. The van der Waals surface area contributed by atoms with Crippen molar-refractivity contribution in [1.82, 2.24) is 15.8 Å². The van der Waals surface area contributed by atoms with Gasteiger partial charge in [-0.2, -0.15) is 0 Å². The molecule has 2 fully saturated rings. The van der Waals surface area contributed by atoms with Crippen molar-refractivity contribution in [2.45, 2.75) is 41.5 Å². The molecule has 3 aliphatic heterocycles. The number of nitrogens with one attached hydrogen (secondary N) is 2. The summed E-state index contributed by atoms with van der Waals surface area (Å²) in [6.07, 6.45) is 1.52. The molecular weight excluding hydrogens is 418 g/mol. The number of hydrogen-bond acceptors (Lipinski definition) is 7. The number of carbonyl (C=O) groups excluding carboxylic acids is 1. The Kier molecular flexibility index (Phi) is 5.33. The van der Waals surface area contributed by atoms with Crippen LogP contribution in [-0.2, 0) is 14.6 Å². The van der Waals surface area contributed by atoms with E-state index in [-0.39, 0.29) is 24.8 Å². The highest BCUT2D eigenvalue weighted by Crippen LogP contribution is 2.36. The number of benzene rings is 2. The summed E-state index contributed by atoms with van der Waals surface area (Å²) in [7, 11) is -3.37. The van der Waals surface area contributed by atoms with E-state index in [9.17, 15) is 13.2 Å². The Hall–Kier alpha value is -2.62. The molecule has 2 N–H and O–H groups in total. The molecule has 0 aliphatic carbocycles. The van der Waals surface area contributed by atoms with Gasteiger partial charge in [0, 0.05) is 19.1 Å². The summed E-state index contributed by atoms with van der Waals surface area (Å²) in [4.78, 5) is 15.2. The summed E-state index contributed by atoms with van der Waals surface area (Å²) in [6, 6.07) is 14.0. The number of hydrazine groups is 1. The van der Waals surface area contributed by atoms with Gasteiger partial charge in [-0.3, -0.25) is 4.79 Å². The topological polar surface area (TPSA) is 97.0 Å². The van der Waals surface area contributed by atoms with Gasteiger partial charge >= 0.3 is 0 Å². The van der Waals surface area contributed by atoms with Crippen molar-refractivity contribution in [2.75, 3.05) is 19.9 Å². The summed E-state index contributed by atoms with van der Waals surface area (Å²) in [5.74, 6) is 1.46. The van der Waals surface area contributed by atoms with Crippen LogP contribution in [0.2, 0.25) is 0 Å². The fraction of sp³-hybridized carbons (Fsp3) is 0.409.